The number of nitrogens with zero attached hydrogens (tertiary/aromatic N) is 3. The fourth-order valence-corrected chi connectivity index (χ4v) is 3.76. The van der Waals surface area contributed by atoms with E-state index in [1.165, 1.54) is 0 Å². The highest BCUT2D eigenvalue weighted by Gasteiger charge is 2.20. The van der Waals surface area contributed by atoms with Crippen molar-refractivity contribution in [3.63, 3.8) is 0 Å². The van der Waals surface area contributed by atoms with Crippen molar-refractivity contribution in [2.45, 2.75) is 19.6 Å². The summed E-state index contributed by atoms with van der Waals surface area (Å²) in [5.74, 6) is 1.43. The quantitative estimate of drug-likeness (QED) is 0.253. The van der Waals surface area contributed by atoms with Gasteiger partial charge in [-0.05, 0) is 29.3 Å². The van der Waals surface area contributed by atoms with E-state index in [9.17, 15) is 4.57 Å². The number of hydrogen-bond acceptors (Lipinski definition) is 6. The molecule has 4 N–H and O–H groups in total. The predicted molar refractivity (Wildman–Crippen MR) is 121 cm³/mol. The summed E-state index contributed by atoms with van der Waals surface area (Å²) in [7, 11) is -4.12. The SMILES string of the molecule is Nc1c(-c2cc(Cc3ccc(COc4ccccn4)cc3)no2)ccc[n+]1CCP(=O)(O)O. The van der Waals surface area contributed by atoms with Crippen LogP contribution in [-0.4, -0.2) is 26.1 Å². The fourth-order valence-electron chi connectivity index (χ4n) is 3.28. The molecule has 0 unspecified atom stereocenters. The van der Waals surface area contributed by atoms with Crippen molar-refractivity contribution in [1.82, 2.24) is 10.1 Å². The molecule has 1 aromatic carbocycles. The average molecular weight is 467 g/mol. The highest BCUT2D eigenvalue weighted by molar-refractivity contribution is 7.51. The van der Waals surface area contributed by atoms with Crippen LogP contribution in [0.25, 0.3) is 11.3 Å². The van der Waals surface area contributed by atoms with Gasteiger partial charge in [0.05, 0.1) is 18.1 Å². The average Bonchev–Trinajstić information content (AvgIpc) is 3.26. The van der Waals surface area contributed by atoms with E-state index in [1.807, 2.05) is 48.5 Å². The molecule has 0 aliphatic rings. The van der Waals surface area contributed by atoms with Crippen LogP contribution in [-0.2, 0) is 24.1 Å². The van der Waals surface area contributed by atoms with Crippen LogP contribution < -0.4 is 15.0 Å². The minimum absolute atomic E-state index is 0.0986. The number of nitrogens with two attached hydrogens (primary N) is 1. The molecule has 0 amide bonds. The Morgan fingerprint density at radius 3 is 2.58 bits per heavy atom. The van der Waals surface area contributed by atoms with Crippen LogP contribution in [0.2, 0.25) is 0 Å². The summed E-state index contributed by atoms with van der Waals surface area (Å²) in [6, 6.07) is 18.9. The third kappa shape index (κ3) is 6.26. The van der Waals surface area contributed by atoms with E-state index in [-0.39, 0.29) is 12.7 Å². The van der Waals surface area contributed by atoms with Crippen molar-refractivity contribution in [2.24, 2.45) is 0 Å². The maximum Gasteiger partial charge on any atom is 0.329 e. The molecule has 0 atom stereocenters. The van der Waals surface area contributed by atoms with Crippen LogP contribution in [0.15, 0.2) is 77.6 Å². The summed E-state index contributed by atoms with van der Waals surface area (Å²) in [6.07, 6.45) is 3.64. The van der Waals surface area contributed by atoms with Crippen LogP contribution in [0.3, 0.4) is 0 Å². The molecule has 0 saturated carbocycles. The van der Waals surface area contributed by atoms with Gasteiger partial charge in [-0.15, -0.1) is 0 Å². The van der Waals surface area contributed by atoms with Crippen molar-refractivity contribution < 1.29 is 28.2 Å². The van der Waals surface area contributed by atoms with Crippen LogP contribution >= 0.6 is 7.60 Å². The van der Waals surface area contributed by atoms with Gasteiger partial charge in [-0.2, -0.15) is 0 Å². The molecule has 0 fully saturated rings. The second-order valence-corrected chi connectivity index (χ2v) is 9.30. The molecule has 3 aromatic heterocycles. The normalized spacial score (nSPS) is 11.5. The van der Waals surface area contributed by atoms with Gasteiger partial charge in [-0.3, -0.25) is 10.3 Å². The number of ether oxygens (including phenoxy) is 1. The van der Waals surface area contributed by atoms with Gasteiger partial charge in [0, 0.05) is 24.8 Å². The lowest BCUT2D eigenvalue weighted by atomic mass is 10.1. The Hall–Kier alpha value is -3.52. The summed E-state index contributed by atoms with van der Waals surface area (Å²) in [4.78, 5) is 22.4. The number of benzene rings is 1. The highest BCUT2D eigenvalue weighted by Crippen LogP contribution is 2.33. The molecule has 0 aliphatic heterocycles. The maximum atomic E-state index is 11.2. The molecule has 10 heteroatoms. The summed E-state index contributed by atoms with van der Waals surface area (Å²) >= 11 is 0. The Morgan fingerprint density at radius 2 is 1.85 bits per heavy atom. The lowest BCUT2D eigenvalue weighted by Gasteiger charge is -2.06. The molecule has 0 aliphatic carbocycles. The number of hydrogen-bond donors (Lipinski definition) is 3. The molecule has 0 bridgehead atoms. The maximum absolute atomic E-state index is 11.2. The van der Waals surface area contributed by atoms with Crippen molar-refractivity contribution in [1.29, 1.82) is 0 Å². The molecular weight excluding hydrogens is 443 g/mol. The first-order chi connectivity index (χ1) is 15.9. The Balaban J connectivity index is 1.40. The van der Waals surface area contributed by atoms with E-state index >= 15 is 0 Å². The van der Waals surface area contributed by atoms with Crippen LogP contribution in [0.5, 0.6) is 5.88 Å². The molecular formula is C23H24N4O5P+. The van der Waals surface area contributed by atoms with Crippen LogP contribution in [0.1, 0.15) is 16.8 Å². The fraction of sp³-hybridized carbons (Fsp3) is 0.174. The molecule has 0 radical (unpaired) electrons. The van der Waals surface area contributed by atoms with Gasteiger partial charge < -0.3 is 19.0 Å². The predicted octanol–water partition coefficient (Wildman–Crippen LogP) is 2.95. The summed E-state index contributed by atoms with van der Waals surface area (Å²) in [6.45, 7) is 0.530. The van der Waals surface area contributed by atoms with Crippen molar-refractivity contribution in [3.8, 4) is 17.2 Å². The van der Waals surface area contributed by atoms with Crippen molar-refractivity contribution in [3.05, 3.63) is 89.9 Å². The second-order valence-electron chi connectivity index (χ2n) is 7.52. The van der Waals surface area contributed by atoms with E-state index in [0.717, 1.165) is 16.8 Å². The summed E-state index contributed by atoms with van der Waals surface area (Å²) in [5.41, 5.74) is 9.65. The summed E-state index contributed by atoms with van der Waals surface area (Å²) < 4.78 is 23.9. The number of pyridine rings is 2. The zero-order valence-electron chi connectivity index (χ0n) is 17.7. The smallest absolute Gasteiger partial charge is 0.329 e. The standard InChI is InChI=1S/C23H23N4O5P/c24-23-20(4-3-11-27(23)12-13-33(28,29)30)21-15-19(26-32-21)14-17-6-8-18(9-7-17)16-31-22-5-1-2-10-25-22/h1-11,15,24H,12-14,16H2,(H2,28,29,30)/p+1. The largest absolute Gasteiger partial charge is 0.473 e. The van der Waals surface area contributed by atoms with Crippen molar-refractivity contribution in [2.75, 3.05) is 11.9 Å². The number of aromatic nitrogens is 3. The van der Waals surface area contributed by atoms with E-state index in [4.69, 9.17) is 24.8 Å². The first-order valence-corrected chi connectivity index (χ1v) is 12.1. The number of anilines is 1. The number of aryl methyl sites for hydroxylation is 1. The first-order valence-electron chi connectivity index (χ1n) is 10.3. The molecule has 3 heterocycles. The Labute approximate surface area is 190 Å². The van der Waals surface area contributed by atoms with E-state index in [0.29, 0.717) is 36.0 Å². The molecule has 170 valence electrons. The van der Waals surface area contributed by atoms with E-state index in [2.05, 4.69) is 10.1 Å². The van der Waals surface area contributed by atoms with Gasteiger partial charge in [-0.1, -0.05) is 35.5 Å². The van der Waals surface area contributed by atoms with Gasteiger partial charge in [0.15, 0.2) is 5.76 Å². The van der Waals surface area contributed by atoms with Gasteiger partial charge in [0.2, 0.25) is 5.88 Å². The Kier molecular flexibility index (Phi) is 6.84. The third-order valence-corrected chi connectivity index (χ3v) is 5.79. The molecule has 33 heavy (non-hydrogen) atoms. The minimum atomic E-state index is -4.12. The Bertz CT molecular complexity index is 1260. The van der Waals surface area contributed by atoms with Crippen LogP contribution in [0, 0.1) is 0 Å². The number of rotatable bonds is 9. The molecule has 4 aromatic rings. The zero-order valence-corrected chi connectivity index (χ0v) is 18.6. The first kappa shape index (κ1) is 22.7. The van der Waals surface area contributed by atoms with Gasteiger partial charge >= 0.3 is 7.60 Å². The molecule has 0 saturated heterocycles. The van der Waals surface area contributed by atoms with E-state index in [1.54, 1.807) is 29.1 Å². The third-order valence-electron chi connectivity index (χ3n) is 5.00. The molecule has 9 nitrogen and oxygen atoms in total. The molecule has 4 rings (SSSR count). The topological polar surface area (TPSA) is 136 Å². The molecule has 0 spiro atoms. The lowest BCUT2D eigenvalue weighted by molar-refractivity contribution is -0.678. The van der Waals surface area contributed by atoms with Crippen LogP contribution in [0.4, 0.5) is 5.82 Å². The van der Waals surface area contributed by atoms with E-state index < -0.39 is 7.60 Å². The second kappa shape index (κ2) is 9.95. The Morgan fingerprint density at radius 1 is 1.06 bits per heavy atom. The number of nitrogen functional groups attached to an aromatic ring is 1. The van der Waals surface area contributed by atoms with Gasteiger partial charge in [0.1, 0.15) is 18.7 Å². The highest BCUT2D eigenvalue weighted by atomic mass is 31.2. The van der Waals surface area contributed by atoms with Gasteiger partial charge in [0.25, 0.3) is 5.82 Å². The monoisotopic (exact) mass is 467 g/mol. The van der Waals surface area contributed by atoms with Crippen molar-refractivity contribution >= 4 is 13.4 Å². The van der Waals surface area contributed by atoms with Gasteiger partial charge in [-0.25, -0.2) is 9.55 Å². The summed E-state index contributed by atoms with van der Waals surface area (Å²) in [5, 5.41) is 4.15. The zero-order chi connectivity index (χ0) is 23.3. The minimum Gasteiger partial charge on any atom is -0.473 e. The lowest BCUT2D eigenvalue weighted by Crippen LogP contribution is -2.38.